The zero-order chi connectivity index (χ0) is 12.9. The van der Waals surface area contributed by atoms with Gasteiger partial charge in [0.2, 0.25) is 0 Å². The minimum absolute atomic E-state index is 0.326. The molecular weight excluding hydrogens is 242 g/mol. The maximum Gasteiger partial charge on any atom is 0.254 e. The van der Waals surface area contributed by atoms with Gasteiger partial charge in [-0.2, -0.15) is 0 Å². The minimum atomic E-state index is -3.18. The molecule has 0 aliphatic rings. The Hall–Kier alpha value is -1.76. The van der Waals surface area contributed by atoms with Gasteiger partial charge in [-0.1, -0.05) is 6.08 Å². The third-order valence-corrected chi connectivity index (χ3v) is 2.45. The van der Waals surface area contributed by atoms with E-state index >= 15 is 0 Å². The van der Waals surface area contributed by atoms with Gasteiger partial charge >= 0.3 is 0 Å². The number of nitrogens with zero attached hydrogens (tertiary/aromatic N) is 2. The molecule has 0 bridgehead atoms. The second-order valence-electron chi connectivity index (χ2n) is 3.55. The molecule has 1 aromatic heterocycles. The van der Waals surface area contributed by atoms with Gasteiger partial charge in [-0.15, -0.1) is 0 Å². The highest BCUT2D eigenvalue weighted by molar-refractivity contribution is 7.93. The fraction of sp³-hybridized carbons (Fsp3) is 0.300. The highest BCUT2D eigenvalue weighted by Crippen LogP contribution is 1.96. The Morgan fingerprint density at radius 1 is 1.41 bits per heavy atom. The number of nitrogens with one attached hydrogen (secondary N) is 1. The molecule has 0 saturated heterocycles. The lowest BCUT2D eigenvalue weighted by Crippen LogP contribution is -2.31. The normalized spacial score (nSPS) is 13.5. The molecule has 0 saturated carbocycles. The molecule has 6 nitrogen and oxygen atoms in total. The number of hydrogen-bond acceptors (Lipinski definition) is 5. The second kappa shape index (κ2) is 5.53. The zero-order valence-electron chi connectivity index (χ0n) is 9.49. The molecule has 1 rings (SSSR count). The van der Waals surface area contributed by atoms with Crippen LogP contribution in [0.5, 0.6) is 0 Å². The van der Waals surface area contributed by atoms with Crippen LogP contribution >= 0.6 is 0 Å². The SMILES string of the molecule is C[C@@H](/C=C/S(C)(=O)=O)NC(=O)c1cncnc1. The van der Waals surface area contributed by atoms with Crippen LogP contribution in [0.3, 0.4) is 0 Å². The van der Waals surface area contributed by atoms with Crippen LogP contribution in [0.4, 0.5) is 0 Å². The molecule has 1 amide bonds. The standard InChI is InChI=1S/C10H13N3O3S/c1-8(3-4-17(2,15)16)13-10(14)9-5-11-7-12-6-9/h3-8H,1-2H3,(H,13,14)/b4-3+/t8-/m0/s1. The molecule has 17 heavy (non-hydrogen) atoms. The molecule has 1 aromatic rings. The molecular formula is C10H13N3O3S. The first-order valence-corrected chi connectivity index (χ1v) is 6.78. The van der Waals surface area contributed by atoms with E-state index in [0.29, 0.717) is 5.56 Å². The molecule has 1 heterocycles. The molecule has 0 radical (unpaired) electrons. The van der Waals surface area contributed by atoms with Crippen LogP contribution in [0.25, 0.3) is 0 Å². The summed E-state index contributed by atoms with van der Waals surface area (Å²) in [5.41, 5.74) is 0.326. The minimum Gasteiger partial charge on any atom is -0.346 e. The highest BCUT2D eigenvalue weighted by Gasteiger charge is 2.08. The van der Waals surface area contributed by atoms with Crippen LogP contribution in [0.1, 0.15) is 17.3 Å². The first kappa shape index (κ1) is 13.3. The Morgan fingerprint density at radius 3 is 2.53 bits per heavy atom. The van der Waals surface area contributed by atoms with Gasteiger partial charge in [-0.05, 0) is 6.92 Å². The number of carbonyl (C=O) groups excluding carboxylic acids is 1. The van der Waals surface area contributed by atoms with Crippen molar-refractivity contribution in [3.05, 3.63) is 35.8 Å². The Bertz CT molecular complexity index is 511. The molecule has 0 unspecified atom stereocenters. The van der Waals surface area contributed by atoms with Gasteiger partial charge in [0.05, 0.1) is 5.56 Å². The van der Waals surface area contributed by atoms with Crippen molar-refractivity contribution in [3.8, 4) is 0 Å². The van der Waals surface area contributed by atoms with E-state index < -0.39 is 15.9 Å². The van der Waals surface area contributed by atoms with Crippen molar-refractivity contribution in [2.24, 2.45) is 0 Å². The molecule has 0 aliphatic carbocycles. The quantitative estimate of drug-likeness (QED) is 0.827. The van der Waals surface area contributed by atoms with Crippen LogP contribution in [-0.2, 0) is 9.84 Å². The number of aromatic nitrogens is 2. The number of amides is 1. The van der Waals surface area contributed by atoms with Crippen molar-refractivity contribution in [1.82, 2.24) is 15.3 Å². The van der Waals surface area contributed by atoms with Crippen LogP contribution in [0.2, 0.25) is 0 Å². The fourth-order valence-corrected chi connectivity index (χ4v) is 1.54. The molecule has 1 N–H and O–H groups in total. The van der Waals surface area contributed by atoms with Crippen LogP contribution < -0.4 is 5.32 Å². The maximum atomic E-state index is 11.6. The Labute approximate surface area is 99.7 Å². The van der Waals surface area contributed by atoms with Gasteiger partial charge < -0.3 is 5.32 Å². The molecule has 92 valence electrons. The van der Waals surface area contributed by atoms with Gasteiger partial charge in [0, 0.05) is 30.1 Å². The van der Waals surface area contributed by atoms with E-state index in [1.807, 2.05) is 0 Å². The maximum absolute atomic E-state index is 11.6. The number of rotatable bonds is 4. The van der Waals surface area contributed by atoms with Crippen molar-refractivity contribution in [3.63, 3.8) is 0 Å². The zero-order valence-corrected chi connectivity index (χ0v) is 10.3. The number of hydrogen-bond donors (Lipinski definition) is 1. The van der Waals surface area contributed by atoms with Gasteiger partial charge in [0.1, 0.15) is 6.33 Å². The smallest absolute Gasteiger partial charge is 0.254 e. The molecule has 7 heteroatoms. The van der Waals surface area contributed by atoms with E-state index in [-0.39, 0.29) is 5.91 Å². The first-order valence-electron chi connectivity index (χ1n) is 4.82. The Balaban J connectivity index is 2.62. The third-order valence-electron chi connectivity index (χ3n) is 1.80. The summed E-state index contributed by atoms with van der Waals surface area (Å²) in [6.45, 7) is 1.67. The van der Waals surface area contributed by atoms with Crippen LogP contribution in [0.15, 0.2) is 30.2 Å². The Kier molecular flexibility index (Phi) is 4.33. The average molecular weight is 255 g/mol. The van der Waals surface area contributed by atoms with E-state index in [9.17, 15) is 13.2 Å². The van der Waals surface area contributed by atoms with Gasteiger partial charge in [-0.3, -0.25) is 4.79 Å². The van der Waals surface area contributed by atoms with E-state index in [0.717, 1.165) is 11.7 Å². The van der Waals surface area contributed by atoms with Gasteiger partial charge in [0.25, 0.3) is 5.91 Å². The van der Waals surface area contributed by atoms with E-state index in [1.54, 1.807) is 6.92 Å². The molecule has 1 atom stereocenters. The van der Waals surface area contributed by atoms with Crippen molar-refractivity contribution in [1.29, 1.82) is 0 Å². The lowest BCUT2D eigenvalue weighted by molar-refractivity contribution is 0.0946. The summed E-state index contributed by atoms with van der Waals surface area (Å²) < 4.78 is 21.7. The van der Waals surface area contributed by atoms with Crippen molar-refractivity contribution in [2.75, 3.05) is 6.26 Å². The van der Waals surface area contributed by atoms with E-state index in [1.165, 1.54) is 24.8 Å². The van der Waals surface area contributed by atoms with E-state index in [4.69, 9.17) is 0 Å². The summed E-state index contributed by atoms with van der Waals surface area (Å²) in [6.07, 6.45) is 6.58. The molecule has 0 aliphatic heterocycles. The summed E-state index contributed by atoms with van der Waals surface area (Å²) >= 11 is 0. The summed E-state index contributed by atoms with van der Waals surface area (Å²) in [7, 11) is -3.18. The molecule has 0 fully saturated rings. The van der Waals surface area contributed by atoms with Crippen LogP contribution in [0, 0.1) is 0 Å². The molecule has 0 spiro atoms. The lowest BCUT2D eigenvalue weighted by atomic mass is 10.3. The number of sulfone groups is 1. The fourth-order valence-electron chi connectivity index (χ4n) is 1.02. The second-order valence-corrected chi connectivity index (χ2v) is 5.48. The van der Waals surface area contributed by atoms with Crippen molar-refractivity contribution >= 4 is 15.7 Å². The van der Waals surface area contributed by atoms with Gasteiger partial charge in [0.15, 0.2) is 9.84 Å². The topological polar surface area (TPSA) is 89.0 Å². The predicted octanol–water partition coefficient (Wildman–Crippen LogP) is 0.153. The summed E-state index contributed by atoms with van der Waals surface area (Å²) in [6, 6.07) is -0.391. The number of carbonyl (C=O) groups is 1. The van der Waals surface area contributed by atoms with Crippen LogP contribution in [-0.4, -0.2) is 36.6 Å². The lowest BCUT2D eigenvalue weighted by Gasteiger charge is -2.08. The molecule has 0 aromatic carbocycles. The first-order chi connectivity index (χ1) is 7.88. The summed E-state index contributed by atoms with van der Waals surface area (Å²) in [5.74, 6) is -0.351. The summed E-state index contributed by atoms with van der Waals surface area (Å²) in [5, 5.41) is 3.65. The monoisotopic (exact) mass is 255 g/mol. The van der Waals surface area contributed by atoms with Gasteiger partial charge in [-0.25, -0.2) is 18.4 Å². The van der Waals surface area contributed by atoms with Crippen molar-refractivity contribution in [2.45, 2.75) is 13.0 Å². The van der Waals surface area contributed by atoms with E-state index in [2.05, 4.69) is 15.3 Å². The predicted molar refractivity (Wildman–Crippen MR) is 62.9 cm³/mol. The average Bonchev–Trinajstić information content (AvgIpc) is 2.27. The summed E-state index contributed by atoms with van der Waals surface area (Å²) in [4.78, 5) is 19.0. The highest BCUT2D eigenvalue weighted by atomic mass is 32.2. The Morgan fingerprint density at radius 2 is 2.00 bits per heavy atom. The largest absolute Gasteiger partial charge is 0.346 e. The third kappa shape index (κ3) is 5.21. The van der Waals surface area contributed by atoms with Crippen molar-refractivity contribution < 1.29 is 13.2 Å².